The molecule has 3 N–H and O–H groups in total. The first kappa shape index (κ1) is 15.1. The summed E-state index contributed by atoms with van der Waals surface area (Å²) >= 11 is 0. The molecule has 1 aromatic carbocycles. The molecule has 1 saturated heterocycles. The van der Waals surface area contributed by atoms with Crippen LogP contribution < -0.4 is 0 Å². The van der Waals surface area contributed by atoms with Gasteiger partial charge in [-0.05, 0) is 31.4 Å². The lowest BCUT2D eigenvalue weighted by molar-refractivity contribution is -0.0999. The topological polar surface area (TPSA) is 76.6 Å². The second kappa shape index (κ2) is 5.41. The van der Waals surface area contributed by atoms with E-state index in [2.05, 4.69) is 4.98 Å². The average molecular weight is 302 g/mol. The number of aryl methyl sites for hydroxylation is 1. The Morgan fingerprint density at radius 3 is 2.86 bits per heavy atom. The molecule has 1 aliphatic heterocycles. The highest BCUT2D eigenvalue weighted by atomic mass is 16.3. The molecule has 0 spiro atoms. The van der Waals surface area contributed by atoms with Gasteiger partial charge in [0.25, 0.3) is 5.91 Å². The first-order chi connectivity index (χ1) is 10.4. The maximum absolute atomic E-state index is 12.8. The standard InChI is InChI=1S/C17H22N2O3/c1-3-11-12-6-4-5-7-13(12)18-15(11)16(21)19-9-8-17(2,22)14(20)10-19/h4-7,14,18,20,22H,3,8-10H2,1-2H3/t14-,17+/m0/s1. The molecule has 1 amide bonds. The number of carbonyl (C=O) groups excluding carboxylic acids is 1. The summed E-state index contributed by atoms with van der Waals surface area (Å²) in [4.78, 5) is 17.6. The van der Waals surface area contributed by atoms with Crippen molar-refractivity contribution in [1.82, 2.24) is 9.88 Å². The fraction of sp³-hybridized carbons (Fsp3) is 0.471. The Kier molecular flexibility index (Phi) is 3.70. The number of nitrogens with zero attached hydrogens (tertiary/aromatic N) is 1. The van der Waals surface area contributed by atoms with E-state index in [1.807, 2.05) is 31.2 Å². The van der Waals surface area contributed by atoms with Gasteiger partial charge in [-0.3, -0.25) is 4.79 Å². The fourth-order valence-electron chi connectivity index (χ4n) is 3.12. The number of aliphatic hydroxyl groups is 2. The highest BCUT2D eigenvalue weighted by Gasteiger charge is 2.38. The number of likely N-dealkylation sites (tertiary alicyclic amines) is 1. The third kappa shape index (κ3) is 2.40. The summed E-state index contributed by atoms with van der Waals surface area (Å²) in [5, 5.41) is 21.1. The van der Waals surface area contributed by atoms with Crippen LogP contribution in [0.15, 0.2) is 24.3 Å². The van der Waals surface area contributed by atoms with Crippen molar-refractivity contribution in [2.45, 2.75) is 38.4 Å². The van der Waals surface area contributed by atoms with Gasteiger partial charge in [0.1, 0.15) is 5.69 Å². The van der Waals surface area contributed by atoms with Gasteiger partial charge in [0.15, 0.2) is 0 Å². The van der Waals surface area contributed by atoms with Crippen molar-refractivity contribution in [2.24, 2.45) is 0 Å². The largest absolute Gasteiger partial charge is 0.388 e. The van der Waals surface area contributed by atoms with E-state index in [9.17, 15) is 15.0 Å². The molecule has 1 fully saturated rings. The normalized spacial score (nSPS) is 25.6. The zero-order chi connectivity index (χ0) is 15.9. The Morgan fingerprint density at radius 2 is 2.18 bits per heavy atom. The van der Waals surface area contributed by atoms with Crippen LogP contribution in [-0.4, -0.2) is 50.8 Å². The minimum Gasteiger partial charge on any atom is -0.388 e. The van der Waals surface area contributed by atoms with Gasteiger partial charge < -0.3 is 20.1 Å². The van der Waals surface area contributed by atoms with Gasteiger partial charge in [-0.1, -0.05) is 25.1 Å². The Morgan fingerprint density at radius 1 is 1.45 bits per heavy atom. The van der Waals surface area contributed by atoms with Gasteiger partial charge in [0.2, 0.25) is 0 Å². The van der Waals surface area contributed by atoms with Crippen molar-refractivity contribution in [2.75, 3.05) is 13.1 Å². The van der Waals surface area contributed by atoms with Crippen molar-refractivity contribution < 1.29 is 15.0 Å². The molecule has 2 aromatic rings. The van der Waals surface area contributed by atoms with Crippen LogP contribution >= 0.6 is 0 Å². The van der Waals surface area contributed by atoms with Crippen molar-refractivity contribution in [3.8, 4) is 0 Å². The lowest BCUT2D eigenvalue weighted by atomic mass is 9.90. The van der Waals surface area contributed by atoms with Gasteiger partial charge >= 0.3 is 0 Å². The zero-order valence-electron chi connectivity index (χ0n) is 13.0. The molecular formula is C17H22N2O3. The van der Waals surface area contributed by atoms with Crippen LogP contribution in [0.4, 0.5) is 0 Å². The molecule has 0 saturated carbocycles. The molecule has 1 aromatic heterocycles. The molecule has 22 heavy (non-hydrogen) atoms. The predicted molar refractivity (Wildman–Crippen MR) is 84.8 cm³/mol. The number of nitrogens with one attached hydrogen (secondary N) is 1. The molecule has 3 rings (SSSR count). The molecule has 0 unspecified atom stereocenters. The van der Waals surface area contributed by atoms with E-state index < -0.39 is 11.7 Å². The molecule has 0 radical (unpaired) electrons. The van der Waals surface area contributed by atoms with Crippen molar-refractivity contribution >= 4 is 16.8 Å². The zero-order valence-corrected chi connectivity index (χ0v) is 13.0. The van der Waals surface area contributed by atoms with Gasteiger partial charge in [0.05, 0.1) is 11.7 Å². The van der Waals surface area contributed by atoms with E-state index in [1.165, 1.54) is 0 Å². The van der Waals surface area contributed by atoms with Gasteiger partial charge in [0, 0.05) is 24.0 Å². The number of carbonyl (C=O) groups is 1. The second-order valence-electron chi connectivity index (χ2n) is 6.25. The van der Waals surface area contributed by atoms with Gasteiger partial charge in [-0.2, -0.15) is 0 Å². The maximum atomic E-state index is 12.8. The van der Waals surface area contributed by atoms with E-state index in [-0.39, 0.29) is 12.5 Å². The number of para-hydroxylation sites is 1. The third-order valence-electron chi connectivity index (χ3n) is 4.67. The summed E-state index contributed by atoms with van der Waals surface area (Å²) in [5.41, 5.74) is 1.43. The molecule has 2 atom stereocenters. The monoisotopic (exact) mass is 302 g/mol. The average Bonchev–Trinajstić information content (AvgIpc) is 2.87. The summed E-state index contributed by atoms with van der Waals surface area (Å²) in [5.74, 6) is -0.109. The number of aliphatic hydroxyl groups excluding tert-OH is 1. The first-order valence-electron chi connectivity index (χ1n) is 7.73. The second-order valence-corrected chi connectivity index (χ2v) is 6.25. The van der Waals surface area contributed by atoms with Crippen LogP contribution in [0.1, 0.15) is 36.3 Å². The molecular weight excluding hydrogens is 280 g/mol. The SMILES string of the molecule is CCc1c(C(=O)N2CC[C@@](C)(O)[C@@H](O)C2)[nH]c2ccccc12. The number of rotatable bonds is 2. The number of piperidine rings is 1. The molecule has 5 nitrogen and oxygen atoms in total. The Bertz CT molecular complexity index is 705. The lowest BCUT2D eigenvalue weighted by Gasteiger charge is -2.39. The number of aromatic amines is 1. The van der Waals surface area contributed by atoms with Gasteiger partial charge in [-0.25, -0.2) is 0 Å². The quantitative estimate of drug-likeness (QED) is 0.790. The first-order valence-corrected chi connectivity index (χ1v) is 7.73. The van der Waals surface area contributed by atoms with Crippen LogP contribution in [0.5, 0.6) is 0 Å². The van der Waals surface area contributed by atoms with Crippen molar-refractivity contribution in [3.63, 3.8) is 0 Å². The summed E-state index contributed by atoms with van der Waals surface area (Å²) in [6.07, 6.45) is 0.223. The number of benzene rings is 1. The van der Waals surface area contributed by atoms with E-state index >= 15 is 0 Å². The summed E-state index contributed by atoms with van der Waals surface area (Å²) in [6.45, 7) is 4.24. The Balaban J connectivity index is 1.93. The number of fused-ring (bicyclic) bond motifs is 1. The Labute approximate surface area is 129 Å². The molecule has 5 heteroatoms. The maximum Gasteiger partial charge on any atom is 0.270 e. The van der Waals surface area contributed by atoms with Crippen molar-refractivity contribution in [3.05, 3.63) is 35.5 Å². The van der Waals surface area contributed by atoms with Crippen molar-refractivity contribution in [1.29, 1.82) is 0 Å². The molecule has 0 bridgehead atoms. The van der Waals surface area contributed by atoms with E-state index in [4.69, 9.17) is 0 Å². The van der Waals surface area contributed by atoms with Crippen LogP contribution in [0, 0.1) is 0 Å². The number of hydrogen-bond donors (Lipinski definition) is 3. The van der Waals surface area contributed by atoms with E-state index in [0.717, 1.165) is 22.9 Å². The number of hydrogen-bond acceptors (Lipinski definition) is 3. The summed E-state index contributed by atoms with van der Waals surface area (Å²) in [7, 11) is 0. The summed E-state index contributed by atoms with van der Waals surface area (Å²) in [6, 6.07) is 7.87. The predicted octanol–water partition coefficient (Wildman–Crippen LogP) is 1.69. The van der Waals surface area contributed by atoms with E-state index in [1.54, 1.807) is 11.8 Å². The molecule has 118 valence electrons. The minimum atomic E-state index is -1.12. The molecule has 0 aliphatic carbocycles. The third-order valence-corrected chi connectivity index (χ3v) is 4.67. The smallest absolute Gasteiger partial charge is 0.270 e. The van der Waals surface area contributed by atoms with Crippen LogP contribution in [0.3, 0.4) is 0 Å². The number of β-amino-alcohol motifs (C(OH)–C–C–N with tert-alkyl or cyclic N) is 1. The highest BCUT2D eigenvalue weighted by Crippen LogP contribution is 2.27. The number of H-pyrrole nitrogens is 1. The minimum absolute atomic E-state index is 0.109. The van der Waals surface area contributed by atoms with Crippen LogP contribution in [0.2, 0.25) is 0 Å². The molecule has 1 aliphatic rings. The number of aromatic nitrogens is 1. The Hall–Kier alpha value is -1.85. The van der Waals surface area contributed by atoms with E-state index in [0.29, 0.717) is 18.7 Å². The van der Waals surface area contributed by atoms with Crippen LogP contribution in [-0.2, 0) is 6.42 Å². The number of amides is 1. The van der Waals surface area contributed by atoms with Gasteiger partial charge in [-0.15, -0.1) is 0 Å². The summed E-state index contributed by atoms with van der Waals surface area (Å²) < 4.78 is 0. The lowest BCUT2D eigenvalue weighted by Crippen LogP contribution is -2.55. The highest BCUT2D eigenvalue weighted by molar-refractivity contribution is 6.01. The molecule has 2 heterocycles. The van der Waals surface area contributed by atoms with Crippen LogP contribution in [0.25, 0.3) is 10.9 Å². The fourth-order valence-corrected chi connectivity index (χ4v) is 3.12.